The molecule has 5 aliphatic carbocycles. The van der Waals surface area contributed by atoms with Gasteiger partial charge in [-0.25, -0.2) is 0 Å². The maximum absolute atomic E-state index is 11.9. The van der Waals surface area contributed by atoms with E-state index in [0.717, 1.165) is 17.8 Å². The Morgan fingerprint density at radius 2 is 1.24 bits per heavy atom. The predicted octanol–water partition coefficient (Wildman–Crippen LogP) is 0.706. The second-order valence-electron chi connectivity index (χ2n) is 5.97. The van der Waals surface area contributed by atoms with Gasteiger partial charge in [-0.05, 0) is 41.9 Å². The molecule has 0 aliphatic heterocycles. The van der Waals surface area contributed by atoms with Crippen molar-refractivity contribution >= 4 is 11.9 Å². The molecule has 5 aliphatic rings. The summed E-state index contributed by atoms with van der Waals surface area (Å²) in [5.41, 5.74) is 0. The van der Waals surface area contributed by atoms with Crippen LogP contribution in [0.15, 0.2) is 0 Å². The zero-order chi connectivity index (χ0) is 11.9. The molecule has 17 heavy (non-hydrogen) atoms. The van der Waals surface area contributed by atoms with Crippen LogP contribution < -0.4 is 0 Å². The van der Waals surface area contributed by atoms with Gasteiger partial charge in [-0.15, -0.1) is 0 Å². The molecule has 0 N–H and O–H groups in total. The number of carbonyl (C=O) groups is 2. The molecule has 0 amide bonds. The third-order valence-corrected chi connectivity index (χ3v) is 5.88. The summed E-state index contributed by atoms with van der Waals surface area (Å²) in [6.45, 7) is 0. The van der Waals surface area contributed by atoms with E-state index in [1.807, 2.05) is 0 Å². The van der Waals surface area contributed by atoms with Crippen molar-refractivity contribution in [2.75, 3.05) is 14.2 Å². The van der Waals surface area contributed by atoms with Gasteiger partial charge in [0, 0.05) is 0 Å². The molecular weight excluding hydrogens is 220 g/mol. The van der Waals surface area contributed by atoms with Crippen molar-refractivity contribution in [3.8, 4) is 0 Å². The Balaban J connectivity index is 1.73. The molecule has 0 aromatic carbocycles. The normalized spacial score (nSPS) is 55.9. The Morgan fingerprint density at radius 3 is 1.59 bits per heavy atom. The van der Waals surface area contributed by atoms with Crippen LogP contribution >= 0.6 is 0 Å². The molecule has 6 bridgehead atoms. The van der Waals surface area contributed by atoms with Crippen LogP contribution in [0.3, 0.4) is 0 Å². The maximum atomic E-state index is 11.9. The van der Waals surface area contributed by atoms with Crippen molar-refractivity contribution in [1.29, 1.82) is 0 Å². The van der Waals surface area contributed by atoms with Crippen LogP contribution in [-0.4, -0.2) is 26.2 Å². The van der Waals surface area contributed by atoms with Crippen molar-refractivity contribution < 1.29 is 19.1 Å². The lowest BCUT2D eigenvalue weighted by atomic mass is 9.79. The van der Waals surface area contributed by atoms with E-state index < -0.39 is 0 Å². The van der Waals surface area contributed by atoms with Crippen LogP contribution in [0.1, 0.15) is 6.42 Å². The van der Waals surface area contributed by atoms with Crippen LogP contribution in [0.4, 0.5) is 0 Å². The minimum atomic E-state index is -0.226. The number of rotatable bonds is 2. The first-order valence-electron chi connectivity index (χ1n) is 6.36. The highest BCUT2D eigenvalue weighted by molar-refractivity contribution is 5.84. The fourth-order valence-electron chi connectivity index (χ4n) is 5.65. The van der Waals surface area contributed by atoms with Gasteiger partial charge < -0.3 is 9.47 Å². The minimum Gasteiger partial charge on any atom is -0.469 e. The van der Waals surface area contributed by atoms with Crippen LogP contribution in [0.5, 0.6) is 0 Å². The number of methoxy groups -OCH3 is 2. The third kappa shape index (κ3) is 0.893. The number of carbonyl (C=O) groups excluding carboxylic acids is 2. The molecule has 0 saturated heterocycles. The SMILES string of the molecule is COC(=O)[C@@H]1C2C3CC4C2C4C3[C@@H]1C(=O)OC. The van der Waals surface area contributed by atoms with Crippen LogP contribution in [0.25, 0.3) is 0 Å². The van der Waals surface area contributed by atoms with Gasteiger partial charge in [0.1, 0.15) is 0 Å². The van der Waals surface area contributed by atoms with Gasteiger partial charge >= 0.3 is 11.9 Å². The van der Waals surface area contributed by atoms with Gasteiger partial charge in [-0.3, -0.25) is 9.59 Å². The summed E-state index contributed by atoms with van der Waals surface area (Å²) in [4.78, 5) is 23.9. The average Bonchev–Trinajstić information content (AvgIpc) is 2.75. The molecule has 4 nitrogen and oxygen atoms in total. The van der Waals surface area contributed by atoms with E-state index in [2.05, 4.69) is 0 Å². The summed E-state index contributed by atoms with van der Waals surface area (Å²) in [7, 11) is 2.83. The lowest BCUT2D eigenvalue weighted by Gasteiger charge is -2.26. The standard InChI is InChI=1S/C13H16O4/c1-16-12(14)10-8-5-3-4-6(8)7(4)9(5)11(10)13(15)17-2/h4-11H,3H2,1-2H3/t4?,5?,6?,7?,8?,9?,10-,11+. The quantitative estimate of drug-likeness (QED) is 0.662. The molecule has 0 heterocycles. The Bertz CT molecular complexity index is 382. The van der Waals surface area contributed by atoms with Gasteiger partial charge in [0.2, 0.25) is 0 Å². The van der Waals surface area contributed by atoms with Gasteiger partial charge in [0.15, 0.2) is 0 Å². The second-order valence-corrected chi connectivity index (χ2v) is 5.97. The molecule has 0 aromatic rings. The molecule has 5 fully saturated rings. The van der Waals surface area contributed by atoms with E-state index in [1.165, 1.54) is 20.6 Å². The van der Waals surface area contributed by atoms with Crippen molar-refractivity contribution in [3.63, 3.8) is 0 Å². The van der Waals surface area contributed by atoms with E-state index in [0.29, 0.717) is 17.8 Å². The minimum absolute atomic E-state index is 0.205. The molecule has 4 heteroatoms. The fourth-order valence-corrected chi connectivity index (χ4v) is 5.65. The summed E-state index contributed by atoms with van der Waals surface area (Å²) in [5.74, 6) is 2.78. The average molecular weight is 236 g/mol. The summed E-state index contributed by atoms with van der Waals surface area (Å²) < 4.78 is 9.80. The molecular formula is C13H16O4. The zero-order valence-corrected chi connectivity index (χ0v) is 9.96. The fraction of sp³-hybridized carbons (Fsp3) is 0.846. The van der Waals surface area contributed by atoms with Crippen LogP contribution in [0, 0.1) is 47.3 Å². The van der Waals surface area contributed by atoms with E-state index >= 15 is 0 Å². The molecule has 5 saturated carbocycles. The monoisotopic (exact) mass is 236 g/mol. The molecule has 0 spiro atoms. The number of hydrogen-bond donors (Lipinski definition) is 0. The lowest BCUT2D eigenvalue weighted by molar-refractivity contribution is -0.160. The van der Waals surface area contributed by atoms with E-state index in [4.69, 9.17) is 9.47 Å². The highest BCUT2D eigenvalue weighted by Gasteiger charge is 2.82. The maximum Gasteiger partial charge on any atom is 0.309 e. The Kier molecular flexibility index (Phi) is 1.66. The van der Waals surface area contributed by atoms with Crippen LogP contribution in [-0.2, 0) is 19.1 Å². The largest absolute Gasteiger partial charge is 0.469 e. The molecule has 0 aromatic heterocycles. The number of hydrogen-bond acceptors (Lipinski definition) is 4. The zero-order valence-electron chi connectivity index (χ0n) is 9.96. The number of ether oxygens (including phenoxy) is 2. The highest BCUT2D eigenvalue weighted by atomic mass is 16.5. The third-order valence-electron chi connectivity index (χ3n) is 5.88. The molecule has 0 radical (unpaired) electrons. The van der Waals surface area contributed by atoms with Crippen molar-refractivity contribution in [3.05, 3.63) is 0 Å². The lowest BCUT2D eigenvalue weighted by Crippen LogP contribution is -2.37. The first-order chi connectivity index (χ1) is 8.20. The van der Waals surface area contributed by atoms with Gasteiger partial charge in [0.05, 0.1) is 26.1 Å². The molecule has 6 unspecified atom stereocenters. The molecule has 5 rings (SSSR count). The smallest absolute Gasteiger partial charge is 0.309 e. The Morgan fingerprint density at radius 1 is 0.824 bits per heavy atom. The van der Waals surface area contributed by atoms with E-state index in [9.17, 15) is 9.59 Å². The topological polar surface area (TPSA) is 52.6 Å². The van der Waals surface area contributed by atoms with Crippen molar-refractivity contribution in [1.82, 2.24) is 0 Å². The Hall–Kier alpha value is -1.06. The predicted molar refractivity (Wildman–Crippen MR) is 56.6 cm³/mol. The summed E-state index contributed by atoms with van der Waals surface area (Å²) in [6.07, 6.45) is 1.23. The first-order valence-corrected chi connectivity index (χ1v) is 6.36. The number of esters is 2. The van der Waals surface area contributed by atoms with Crippen molar-refractivity contribution in [2.45, 2.75) is 6.42 Å². The second kappa shape index (κ2) is 2.85. The van der Waals surface area contributed by atoms with Gasteiger partial charge in [-0.2, -0.15) is 0 Å². The highest BCUT2D eigenvalue weighted by Crippen LogP contribution is 2.83. The van der Waals surface area contributed by atoms with Crippen LogP contribution in [0.2, 0.25) is 0 Å². The summed E-state index contributed by atoms with van der Waals surface area (Å²) >= 11 is 0. The Labute approximate surface area is 99.6 Å². The van der Waals surface area contributed by atoms with E-state index in [1.54, 1.807) is 0 Å². The summed E-state index contributed by atoms with van der Waals surface area (Å²) in [5, 5.41) is 0. The van der Waals surface area contributed by atoms with E-state index in [-0.39, 0.29) is 23.8 Å². The molecule has 8 atom stereocenters. The first kappa shape index (κ1) is 9.92. The molecule has 92 valence electrons. The van der Waals surface area contributed by atoms with Gasteiger partial charge in [0.25, 0.3) is 0 Å². The summed E-state index contributed by atoms with van der Waals surface area (Å²) in [6, 6.07) is 0. The van der Waals surface area contributed by atoms with Crippen molar-refractivity contribution in [2.24, 2.45) is 47.3 Å². The van der Waals surface area contributed by atoms with Gasteiger partial charge in [-0.1, -0.05) is 0 Å².